The van der Waals surface area contributed by atoms with Crippen molar-refractivity contribution in [2.24, 2.45) is 5.92 Å². The highest BCUT2D eigenvalue weighted by molar-refractivity contribution is 5.96. The zero-order valence-electron chi connectivity index (χ0n) is 24.5. The van der Waals surface area contributed by atoms with Crippen LogP contribution in [0.3, 0.4) is 0 Å². The molecule has 232 valence electrons. The SMILES string of the molecule is CCOC(=O)[C@@H](CCC(=O)O)NC(=O)[C@@H](NC(=O)CNC(=O)/C=C/c1ccc(OC2CCCCO2)c(OC)c1)C(C)C. The van der Waals surface area contributed by atoms with Gasteiger partial charge in [-0.25, -0.2) is 4.79 Å². The van der Waals surface area contributed by atoms with Crippen LogP contribution < -0.4 is 25.4 Å². The van der Waals surface area contributed by atoms with Gasteiger partial charge in [-0.3, -0.25) is 19.2 Å². The van der Waals surface area contributed by atoms with E-state index in [2.05, 4.69) is 16.0 Å². The summed E-state index contributed by atoms with van der Waals surface area (Å²) in [5, 5.41) is 16.4. The van der Waals surface area contributed by atoms with E-state index in [0.29, 0.717) is 23.7 Å². The summed E-state index contributed by atoms with van der Waals surface area (Å²) in [4.78, 5) is 60.9. The van der Waals surface area contributed by atoms with Crippen molar-refractivity contribution in [3.63, 3.8) is 0 Å². The number of amides is 3. The molecule has 42 heavy (non-hydrogen) atoms. The van der Waals surface area contributed by atoms with Crippen molar-refractivity contribution in [3.8, 4) is 11.5 Å². The molecule has 0 saturated carbocycles. The molecule has 1 heterocycles. The molecule has 3 amide bonds. The van der Waals surface area contributed by atoms with Gasteiger partial charge >= 0.3 is 11.9 Å². The zero-order valence-corrected chi connectivity index (χ0v) is 24.5. The molecule has 1 aliphatic heterocycles. The number of hydrogen-bond donors (Lipinski definition) is 4. The fourth-order valence-corrected chi connectivity index (χ4v) is 4.01. The first-order valence-electron chi connectivity index (χ1n) is 13.9. The summed E-state index contributed by atoms with van der Waals surface area (Å²) in [6.45, 7) is 5.27. The summed E-state index contributed by atoms with van der Waals surface area (Å²) >= 11 is 0. The van der Waals surface area contributed by atoms with E-state index in [1.165, 1.54) is 13.2 Å². The fraction of sp³-hybridized carbons (Fsp3) is 0.552. The van der Waals surface area contributed by atoms with E-state index < -0.39 is 48.3 Å². The van der Waals surface area contributed by atoms with Gasteiger partial charge in [0.2, 0.25) is 17.7 Å². The summed E-state index contributed by atoms with van der Waals surface area (Å²) in [5.74, 6) is -3.11. The number of rotatable bonds is 16. The molecule has 3 atom stereocenters. The van der Waals surface area contributed by atoms with E-state index in [4.69, 9.17) is 24.1 Å². The van der Waals surface area contributed by atoms with Gasteiger partial charge in [0.1, 0.15) is 12.1 Å². The van der Waals surface area contributed by atoms with E-state index >= 15 is 0 Å². The van der Waals surface area contributed by atoms with E-state index in [1.54, 1.807) is 45.0 Å². The van der Waals surface area contributed by atoms with Gasteiger partial charge in [-0.05, 0) is 55.9 Å². The van der Waals surface area contributed by atoms with Gasteiger partial charge in [0, 0.05) is 18.9 Å². The number of nitrogens with one attached hydrogen (secondary N) is 3. The molecule has 1 aromatic rings. The largest absolute Gasteiger partial charge is 0.493 e. The standard InChI is InChI=1S/C29H41N3O10/c1-5-40-29(38)20(11-14-25(35)36)31-28(37)27(18(2)3)32-24(34)17-30-23(33)13-10-19-9-12-21(22(16-19)39-4)42-26-8-6-7-15-41-26/h9-10,12-13,16,18,20,26-27H,5-8,11,14-15,17H2,1-4H3,(H,30,33)(H,31,37)(H,32,34)(H,35,36)/b13-10+/t20-,26?,27+/m1/s1. The molecule has 1 unspecified atom stereocenters. The first-order valence-corrected chi connectivity index (χ1v) is 13.9. The first-order chi connectivity index (χ1) is 20.0. The smallest absolute Gasteiger partial charge is 0.328 e. The topological polar surface area (TPSA) is 179 Å². The lowest BCUT2D eigenvalue weighted by molar-refractivity contribution is -0.148. The Morgan fingerprint density at radius 3 is 2.50 bits per heavy atom. The molecule has 1 saturated heterocycles. The predicted octanol–water partition coefficient (Wildman–Crippen LogP) is 1.78. The molecule has 1 fully saturated rings. The second-order valence-electron chi connectivity index (χ2n) is 9.91. The Balaban J connectivity index is 1.91. The van der Waals surface area contributed by atoms with Crippen LogP contribution in [0.4, 0.5) is 0 Å². The summed E-state index contributed by atoms with van der Waals surface area (Å²) < 4.78 is 21.8. The Morgan fingerprint density at radius 2 is 1.88 bits per heavy atom. The van der Waals surface area contributed by atoms with Crippen molar-refractivity contribution in [3.05, 3.63) is 29.8 Å². The van der Waals surface area contributed by atoms with Crippen molar-refractivity contribution in [2.75, 3.05) is 26.9 Å². The van der Waals surface area contributed by atoms with Crippen LogP contribution in [0.5, 0.6) is 11.5 Å². The van der Waals surface area contributed by atoms with Gasteiger partial charge in [-0.2, -0.15) is 0 Å². The predicted molar refractivity (Wildman–Crippen MR) is 151 cm³/mol. The van der Waals surface area contributed by atoms with Gasteiger partial charge in [-0.15, -0.1) is 0 Å². The Bertz CT molecular complexity index is 1110. The van der Waals surface area contributed by atoms with E-state index in [-0.39, 0.29) is 31.7 Å². The molecular weight excluding hydrogens is 550 g/mol. The van der Waals surface area contributed by atoms with Gasteiger partial charge < -0.3 is 40.0 Å². The van der Waals surface area contributed by atoms with Crippen molar-refractivity contribution in [1.82, 2.24) is 16.0 Å². The summed E-state index contributed by atoms with van der Waals surface area (Å²) in [6, 6.07) is 2.96. The molecule has 0 aliphatic carbocycles. The van der Waals surface area contributed by atoms with E-state index in [1.807, 2.05) is 0 Å². The molecule has 2 rings (SSSR count). The number of ether oxygens (including phenoxy) is 4. The molecule has 13 heteroatoms. The number of carbonyl (C=O) groups excluding carboxylic acids is 4. The first kappa shape index (κ1) is 34.1. The van der Waals surface area contributed by atoms with Crippen LogP contribution in [0.2, 0.25) is 0 Å². The van der Waals surface area contributed by atoms with Crippen LogP contribution in [0.25, 0.3) is 6.08 Å². The van der Waals surface area contributed by atoms with Crippen LogP contribution >= 0.6 is 0 Å². The molecule has 1 aliphatic rings. The van der Waals surface area contributed by atoms with Crippen LogP contribution in [-0.4, -0.2) is 80.0 Å². The van der Waals surface area contributed by atoms with Crippen molar-refractivity contribution < 1.29 is 48.0 Å². The Hall–Kier alpha value is -4.13. The number of hydrogen-bond acceptors (Lipinski definition) is 9. The number of carbonyl (C=O) groups is 5. The van der Waals surface area contributed by atoms with E-state index in [0.717, 1.165) is 19.3 Å². The molecule has 1 aromatic carbocycles. The summed E-state index contributed by atoms with van der Waals surface area (Å²) in [5.41, 5.74) is 0.666. The number of aliphatic carboxylic acids is 1. The van der Waals surface area contributed by atoms with Gasteiger partial charge in [0.25, 0.3) is 0 Å². The molecule has 4 N–H and O–H groups in total. The third-order valence-corrected chi connectivity index (χ3v) is 6.23. The third-order valence-electron chi connectivity index (χ3n) is 6.23. The average molecular weight is 592 g/mol. The normalized spacial score (nSPS) is 16.3. The molecule has 0 radical (unpaired) electrons. The lowest BCUT2D eigenvalue weighted by Crippen LogP contribution is -2.55. The minimum absolute atomic E-state index is 0.0554. The van der Waals surface area contributed by atoms with Crippen LogP contribution in [0.15, 0.2) is 24.3 Å². The molecule has 0 bridgehead atoms. The number of benzene rings is 1. The maximum absolute atomic E-state index is 12.9. The number of methoxy groups -OCH3 is 1. The molecular formula is C29H41N3O10. The fourth-order valence-electron chi connectivity index (χ4n) is 4.01. The third kappa shape index (κ3) is 11.8. The number of carboxylic acid groups (broad SMARTS) is 1. The maximum atomic E-state index is 12.9. The Labute approximate surface area is 245 Å². The lowest BCUT2D eigenvalue weighted by atomic mass is 10.0. The number of esters is 1. The Kier molecular flexibility index (Phi) is 14.3. The minimum atomic E-state index is -1.18. The zero-order chi connectivity index (χ0) is 31.1. The van der Waals surface area contributed by atoms with Crippen LogP contribution in [-0.2, 0) is 33.4 Å². The van der Waals surface area contributed by atoms with Gasteiger partial charge in [0.05, 0.1) is 26.9 Å². The number of carboxylic acids is 1. The maximum Gasteiger partial charge on any atom is 0.328 e. The van der Waals surface area contributed by atoms with Gasteiger partial charge in [0.15, 0.2) is 17.8 Å². The Morgan fingerprint density at radius 1 is 1.12 bits per heavy atom. The van der Waals surface area contributed by atoms with Crippen LogP contribution in [0, 0.1) is 5.92 Å². The highest BCUT2D eigenvalue weighted by Crippen LogP contribution is 2.31. The second-order valence-corrected chi connectivity index (χ2v) is 9.91. The lowest BCUT2D eigenvalue weighted by Gasteiger charge is -2.24. The summed E-state index contributed by atoms with van der Waals surface area (Å²) in [7, 11) is 1.51. The molecule has 13 nitrogen and oxygen atoms in total. The quantitative estimate of drug-likeness (QED) is 0.164. The molecule has 0 spiro atoms. The van der Waals surface area contributed by atoms with Crippen LogP contribution in [0.1, 0.15) is 58.4 Å². The monoisotopic (exact) mass is 591 g/mol. The van der Waals surface area contributed by atoms with Crippen molar-refractivity contribution >= 4 is 35.7 Å². The van der Waals surface area contributed by atoms with Crippen molar-refractivity contribution in [2.45, 2.75) is 71.2 Å². The summed E-state index contributed by atoms with van der Waals surface area (Å²) in [6.07, 6.45) is 4.77. The molecule has 0 aromatic heterocycles. The van der Waals surface area contributed by atoms with E-state index in [9.17, 15) is 24.0 Å². The average Bonchev–Trinajstić information content (AvgIpc) is 2.96. The van der Waals surface area contributed by atoms with Gasteiger partial charge in [-0.1, -0.05) is 19.9 Å². The highest BCUT2D eigenvalue weighted by atomic mass is 16.7. The second kappa shape index (κ2) is 17.6. The minimum Gasteiger partial charge on any atom is -0.493 e. The van der Waals surface area contributed by atoms with Crippen molar-refractivity contribution in [1.29, 1.82) is 0 Å². The highest BCUT2D eigenvalue weighted by Gasteiger charge is 2.29.